The van der Waals surface area contributed by atoms with Gasteiger partial charge in [-0.1, -0.05) is 0 Å². The Labute approximate surface area is 97.9 Å². The predicted molar refractivity (Wildman–Crippen MR) is 67.7 cm³/mol. The van der Waals surface area contributed by atoms with Crippen molar-refractivity contribution in [3.63, 3.8) is 0 Å². The van der Waals surface area contributed by atoms with E-state index in [-0.39, 0.29) is 0 Å². The van der Waals surface area contributed by atoms with E-state index in [0.717, 1.165) is 25.7 Å². The van der Waals surface area contributed by atoms with Crippen molar-refractivity contribution in [3.05, 3.63) is 0 Å². The quantitative estimate of drug-likeness (QED) is 0.692. The molecular weight excluding hydrogens is 208 g/mol. The monoisotopic (exact) mass is 232 g/mol. The number of rotatable bonds is 6. The van der Waals surface area contributed by atoms with Gasteiger partial charge in [-0.25, -0.2) is 0 Å². The fourth-order valence-electron chi connectivity index (χ4n) is 2.00. The molecule has 0 radical (unpaired) electrons. The summed E-state index contributed by atoms with van der Waals surface area (Å²) in [6, 6.07) is 1.36. The summed E-state index contributed by atoms with van der Waals surface area (Å²) in [6.07, 6.45) is 0. The van der Waals surface area contributed by atoms with Crippen molar-refractivity contribution in [2.75, 3.05) is 44.9 Å². The summed E-state index contributed by atoms with van der Waals surface area (Å²) >= 11 is 2.07. The van der Waals surface area contributed by atoms with Crippen molar-refractivity contribution in [1.29, 1.82) is 0 Å². The first-order valence-corrected chi connectivity index (χ1v) is 6.94. The molecule has 2 atom stereocenters. The topological polar surface area (TPSA) is 24.5 Å². The molecule has 0 aromatic heterocycles. The zero-order chi connectivity index (χ0) is 11.1. The molecule has 15 heavy (non-hydrogen) atoms. The van der Waals surface area contributed by atoms with E-state index in [4.69, 9.17) is 4.74 Å². The number of ether oxygens (including phenoxy) is 1. The molecule has 0 aliphatic carbocycles. The van der Waals surface area contributed by atoms with Crippen LogP contribution in [-0.2, 0) is 4.74 Å². The van der Waals surface area contributed by atoms with Gasteiger partial charge in [0.05, 0.1) is 6.61 Å². The van der Waals surface area contributed by atoms with Gasteiger partial charge in [0.2, 0.25) is 0 Å². The third-order valence-corrected chi connectivity index (χ3v) is 4.10. The first-order valence-electron chi connectivity index (χ1n) is 5.79. The number of nitrogens with zero attached hydrogens (tertiary/aromatic N) is 1. The smallest absolute Gasteiger partial charge is 0.0587 e. The summed E-state index contributed by atoms with van der Waals surface area (Å²) in [7, 11) is 1.75. The van der Waals surface area contributed by atoms with Crippen molar-refractivity contribution in [2.24, 2.45) is 0 Å². The molecule has 3 nitrogen and oxygen atoms in total. The largest absolute Gasteiger partial charge is 0.383 e. The highest BCUT2D eigenvalue weighted by molar-refractivity contribution is 7.99. The second-order valence-corrected chi connectivity index (χ2v) is 5.36. The van der Waals surface area contributed by atoms with Crippen LogP contribution >= 0.6 is 11.8 Å². The molecule has 1 fully saturated rings. The summed E-state index contributed by atoms with van der Waals surface area (Å²) in [4.78, 5) is 2.61. The van der Waals surface area contributed by atoms with Gasteiger partial charge in [0, 0.05) is 50.3 Å². The van der Waals surface area contributed by atoms with E-state index in [1.807, 2.05) is 0 Å². The number of hydrogen-bond acceptors (Lipinski definition) is 4. The third-order valence-electron chi connectivity index (χ3n) is 2.91. The maximum atomic E-state index is 5.01. The van der Waals surface area contributed by atoms with Crippen LogP contribution < -0.4 is 5.32 Å². The van der Waals surface area contributed by atoms with Crippen LogP contribution in [-0.4, -0.2) is 61.8 Å². The van der Waals surface area contributed by atoms with Gasteiger partial charge in [0.25, 0.3) is 0 Å². The summed E-state index contributed by atoms with van der Waals surface area (Å²) < 4.78 is 5.01. The second kappa shape index (κ2) is 7.49. The maximum absolute atomic E-state index is 5.01. The van der Waals surface area contributed by atoms with Crippen molar-refractivity contribution < 1.29 is 4.74 Å². The molecule has 0 aromatic rings. The van der Waals surface area contributed by atoms with Crippen LogP contribution in [0.25, 0.3) is 0 Å². The molecule has 0 spiro atoms. The molecular formula is C11H24N2OS. The second-order valence-electron chi connectivity index (χ2n) is 4.21. The minimum Gasteiger partial charge on any atom is -0.383 e. The van der Waals surface area contributed by atoms with Gasteiger partial charge >= 0.3 is 0 Å². The molecule has 2 unspecified atom stereocenters. The van der Waals surface area contributed by atoms with Crippen LogP contribution in [0.1, 0.15) is 13.8 Å². The Morgan fingerprint density at radius 3 is 3.07 bits per heavy atom. The number of thioether (sulfide) groups is 1. The highest BCUT2D eigenvalue weighted by Gasteiger charge is 2.22. The van der Waals surface area contributed by atoms with Gasteiger partial charge in [0.15, 0.2) is 0 Å². The van der Waals surface area contributed by atoms with Crippen molar-refractivity contribution in [3.8, 4) is 0 Å². The molecule has 0 amide bonds. The first-order chi connectivity index (χ1) is 7.25. The lowest BCUT2D eigenvalue weighted by molar-refractivity contribution is 0.161. The van der Waals surface area contributed by atoms with E-state index < -0.39 is 0 Å². The van der Waals surface area contributed by atoms with Crippen LogP contribution in [0.2, 0.25) is 0 Å². The zero-order valence-electron chi connectivity index (χ0n) is 10.2. The van der Waals surface area contributed by atoms with Gasteiger partial charge < -0.3 is 10.1 Å². The van der Waals surface area contributed by atoms with Crippen molar-refractivity contribution in [2.45, 2.75) is 25.9 Å². The van der Waals surface area contributed by atoms with E-state index in [9.17, 15) is 0 Å². The van der Waals surface area contributed by atoms with Gasteiger partial charge in [-0.15, -0.1) is 0 Å². The third kappa shape index (κ3) is 4.72. The molecule has 0 aromatic carbocycles. The van der Waals surface area contributed by atoms with Gasteiger partial charge in [0.1, 0.15) is 0 Å². The lowest BCUT2D eigenvalue weighted by Gasteiger charge is -2.37. The molecule has 0 bridgehead atoms. The summed E-state index contributed by atoms with van der Waals surface area (Å²) in [6.45, 7) is 8.71. The summed E-state index contributed by atoms with van der Waals surface area (Å²) in [5.41, 5.74) is 0. The van der Waals surface area contributed by atoms with E-state index in [1.54, 1.807) is 7.11 Å². The molecule has 1 N–H and O–H groups in total. The maximum Gasteiger partial charge on any atom is 0.0587 e. The molecule has 1 saturated heterocycles. The Kier molecular flexibility index (Phi) is 6.64. The van der Waals surface area contributed by atoms with E-state index in [1.165, 1.54) is 18.1 Å². The highest BCUT2D eigenvalue weighted by Crippen LogP contribution is 2.17. The summed E-state index contributed by atoms with van der Waals surface area (Å²) in [5.74, 6) is 2.56. The van der Waals surface area contributed by atoms with Crippen LogP contribution in [0.5, 0.6) is 0 Å². The fraction of sp³-hybridized carbons (Fsp3) is 1.00. The minimum absolute atomic E-state index is 0.637. The highest BCUT2D eigenvalue weighted by atomic mass is 32.2. The van der Waals surface area contributed by atoms with Gasteiger partial charge in [-0.05, 0) is 13.8 Å². The first kappa shape index (κ1) is 13.3. The van der Waals surface area contributed by atoms with E-state index in [2.05, 4.69) is 35.8 Å². The predicted octanol–water partition coefficient (Wildman–Crippen LogP) is 1.05. The summed E-state index contributed by atoms with van der Waals surface area (Å²) in [5, 5.41) is 3.43. The standard InChI is InChI=1S/C11H24N2OS/c1-10(8-12-4-6-14-3)13-5-7-15-9-11(13)2/h10-12H,4-9H2,1-3H3. The molecule has 1 aliphatic rings. The Morgan fingerprint density at radius 1 is 1.60 bits per heavy atom. The van der Waals surface area contributed by atoms with E-state index in [0.29, 0.717) is 6.04 Å². The minimum atomic E-state index is 0.637. The van der Waals surface area contributed by atoms with Gasteiger partial charge in [-0.2, -0.15) is 11.8 Å². The van der Waals surface area contributed by atoms with Crippen molar-refractivity contribution in [1.82, 2.24) is 10.2 Å². The molecule has 4 heteroatoms. The lowest BCUT2D eigenvalue weighted by Crippen LogP contribution is -2.49. The molecule has 1 aliphatic heterocycles. The SMILES string of the molecule is COCCNCC(C)N1CCSCC1C. The average molecular weight is 232 g/mol. The Balaban J connectivity index is 2.16. The molecule has 1 rings (SSSR count). The van der Waals surface area contributed by atoms with Gasteiger partial charge in [-0.3, -0.25) is 4.90 Å². The normalized spacial score (nSPS) is 25.4. The molecule has 90 valence electrons. The van der Waals surface area contributed by atoms with E-state index >= 15 is 0 Å². The number of methoxy groups -OCH3 is 1. The van der Waals surface area contributed by atoms with Crippen LogP contribution in [0, 0.1) is 0 Å². The van der Waals surface area contributed by atoms with Crippen LogP contribution in [0.3, 0.4) is 0 Å². The van der Waals surface area contributed by atoms with Crippen LogP contribution in [0.4, 0.5) is 0 Å². The Bertz CT molecular complexity index is 169. The number of hydrogen-bond donors (Lipinski definition) is 1. The Hall–Kier alpha value is 0.230. The average Bonchev–Trinajstić information content (AvgIpc) is 2.25. The van der Waals surface area contributed by atoms with Crippen molar-refractivity contribution >= 4 is 11.8 Å². The van der Waals surface area contributed by atoms with Crippen LogP contribution in [0.15, 0.2) is 0 Å². The fourth-order valence-corrected chi connectivity index (χ4v) is 3.04. The number of nitrogens with one attached hydrogen (secondary N) is 1. The zero-order valence-corrected chi connectivity index (χ0v) is 11.0. The Morgan fingerprint density at radius 2 is 2.40 bits per heavy atom. The molecule has 1 heterocycles. The molecule has 0 saturated carbocycles. The lowest BCUT2D eigenvalue weighted by atomic mass is 10.2.